The predicted octanol–water partition coefficient (Wildman–Crippen LogP) is 5.14. The molecule has 1 amide bonds. The predicted molar refractivity (Wildman–Crippen MR) is 106 cm³/mol. The average Bonchev–Trinajstić information content (AvgIpc) is 2.50. The lowest BCUT2D eigenvalue weighted by Gasteiger charge is -2.37. The van der Waals surface area contributed by atoms with Crippen LogP contribution in [0, 0.1) is 0 Å². The van der Waals surface area contributed by atoms with Gasteiger partial charge in [-0.1, -0.05) is 44.0 Å². The number of halogens is 2. The fraction of sp³-hybridized carbons (Fsp3) is 0.611. The number of hydrogen-bond donors (Lipinski definition) is 0. The van der Waals surface area contributed by atoms with Crippen molar-refractivity contribution in [3.8, 4) is 0 Å². The summed E-state index contributed by atoms with van der Waals surface area (Å²) in [5.41, 5.74) is 0.748. The summed E-state index contributed by atoms with van der Waals surface area (Å²) in [6.45, 7) is 12.4. The molecule has 25 heavy (non-hydrogen) atoms. The van der Waals surface area contributed by atoms with Gasteiger partial charge in [-0.2, -0.15) is 0 Å². The Labute approximate surface area is 161 Å². The molecule has 1 heterocycles. The van der Waals surface area contributed by atoms with Crippen molar-refractivity contribution in [2.24, 2.45) is 0 Å². The van der Waals surface area contributed by atoms with Gasteiger partial charge in [-0.25, -0.2) is 0 Å². The zero-order valence-corrected chi connectivity index (χ0v) is 18.1. The molecule has 0 spiro atoms. The van der Waals surface area contributed by atoms with E-state index in [0.29, 0.717) is 23.2 Å². The van der Waals surface area contributed by atoms with Crippen LogP contribution in [0.1, 0.15) is 27.2 Å². The highest BCUT2D eigenvalue weighted by Crippen LogP contribution is 2.36. The van der Waals surface area contributed by atoms with Crippen molar-refractivity contribution in [1.29, 1.82) is 0 Å². The van der Waals surface area contributed by atoms with Crippen LogP contribution in [0.5, 0.6) is 0 Å². The molecule has 0 radical (unpaired) electrons. The molecule has 1 aromatic rings. The van der Waals surface area contributed by atoms with Crippen molar-refractivity contribution in [2.75, 3.05) is 24.7 Å². The summed E-state index contributed by atoms with van der Waals surface area (Å²) in [4.78, 5) is 13.9. The van der Waals surface area contributed by atoms with Gasteiger partial charge in [-0.15, -0.1) is 0 Å². The maximum atomic E-state index is 12.2. The highest BCUT2D eigenvalue weighted by atomic mass is 35.5. The van der Waals surface area contributed by atoms with E-state index in [1.54, 1.807) is 23.1 Å². The van der Waals surface area contributed by atoms with Crippen LogP contribution in [0.4, 0.5) is 5.69 Å². The first-order chi connectivity index (χ1) is 11.5. The zero-order chi connectivity index (χ0) is 18.8. The molecule has 1 aliphatic heterocycles. The van der Waals surface area contributed by atoms with E-state index in [2.05, 4.69) is 33.9 Å². The fourth-order valence-electron chi connectivity index (χ4n) is 2.36. The Morgan fingerprint density at radius 1 is 1.28 bits per heavy atom. The standard InChI is InChI=1S/C18H27Cl2NO3Si/c1-18(2,3)25(4,5)24-9-8-14-11-21(17(22)12-23-14)13-6-7-15(19)16(20)10-13/h6-7,10,14H,8-9,11-12H2,1-5H3. The number of carbonyl (C=O) groups is 1. The molecule has 1 aliphatic rings. The van der Waals surface area contributed by atoms with Crippen molar-refractivity contribution < 1.29 is 14.0 Å². The summed E-state index contributed by atoms with van der Waals surface area (Å²) in [6, 6.07) is 5.23. The Morgan fingerprint density at radius 3 is 2.56 bits per heavy atom. The first-order valence-corrected chi connectivity index (χ1v) is 12.2. The van der Waals surface area contributed by atoms with Gasteiger partial charge in [-0.05, 0) is 42.8 Å². The highest BCUT2D eigenvalue weighted by Gasteiger charge is 2.37. The van der Waals surface area contributed by atoms with E-state index in [4.69, 9.17) is 32.4 Å². The van der Waals surface area contributed by atoms with Gasteiger partial charge in [0.2, 0.25) is 0 Å². The van der Waals surface area contributed by atoms with Gasteiger partial charge < -0.3 is 14.1 Å². The molecular weight excluding hydrogens is 377 g/mol. The molecule has 140 valence electrons. The third-order valence-electron chi connectivity index (χ3n) is 5.05. The third kappa shape index (κ3) is 5.20. The Balaban J connectivity index is 1.96. The lowest BCUT2D eigenvalue weighted by molar-refractivity contribution is -0.129. The second-order valence-electron chi connectivity index (χ2n) is 7.93. The van der Waals surface area contributed by atoms with Gasteiger partial charge in [0, 0.05) is 12.3 Å². The molecule has 0 aliphatic carbocycles. The van der Waals surface area contributed by atoms with Gasteiger partial charge in [-0.3, -0.25) is 4.79 Å². The minimum Gasteiger partial charge on any atom is -0.417 e. The number of nitrogens with zero attached hydrogens (tertiary/aromatic N) is 1. The van der Waals surface area contributed by atoms with Gasteiger partial charge >= 0.3 is 0 Å². The lowest BCUT2D eigenvalue weighted by atomic mass is 10.2. The van der Waals surface area contributed by atoms with Crippen LogP contribution in [-0.2, 0) is 14.0 Å². The van der Waals surface area contributed by atoms with Crippen LogP contribution in [0.25, 0.3) is 0 Å². The second kappa shape index (κ2) is 7.97. The van der Waals surface area contributed by atoms with Crippen LogP contribution >= 0.6 is 23.2 Å². The van der Waals surface area contributed by atoms with Crippen LogP contribution < -0.4 is 4.90 Å². The molecule has 1 saturated heterocycles. The molecule has 1 atom stereocenters. The molecule has 2 rings (SSSR count). The molecule has 7 heteroatoms. The van der Waals surface area contributed by atoms with Crippen LogP contribution in [-0.4, -0.2) is 40.1 Å². The van der Waals surface area contributed by atoms with Gasteiger partial charge in [0.25, 0.3) is 5.91 Å². The monoisotopic (exact) mass is 403 g/mol. The summed E-state index contributed by atoms with van der Waals surface area (Å²) in [6.07, 6.45) is 0.717. The minimum absolute atomic E-state index is 0.0445. The number of amides is 1. The SMILES string of the molecule is CC(C)(C)[Si](C)(C)OCCC1CN(c2ccc(Cl)c(Cl)c2)C(=O)CO1. The third-order valence-corrected chi connectivity index (χ3v) is 10.3. The summed E-state index contributed by atoms with van der Waals surface area (Å²) >= 11 is 12.0. The van der Waals surface area contributed by atoms with Crippen LogP contribution in [0.3, 0.4) is 0 Å². The normalized spacial score (nSPS) is 19.4. The van der Waals surface area contributed by atoms with Crippen LogP contribution in [0.2, 0.25) is 28.2 Å². The molecule has 0 N–H and O–H groups in total. The number of carbonyl (C=O) groups excluding carboxylic acids is 1. The Hall–Kier alpha value is -0.593. The van der Waals surface area contributed by atoms with Crippen molar-refractivity contribution in [3.05, 3.63) is 28.2 Å². The lowest BCUT2D eigenvalue weighted by Crippen LogP contribution is -2.48. The van der Waals surface area contributed by atoms with E-state index < -0.39 is 8.32 Å². The molecule has 1 aromatic carbocycles. The fourth-order valence-corrected chi connectivity index (χ4v) is 3.72. The largest absolute Gasteiger partial charge is 0.417 e. The number of anilines is 1. The average molecular weight is 404 g/mol. The van der Waals surface area contributed by atoms with Crippen molar-refractivity contribution in [1.82, 2.24) is 0 Å². The summed E-state index contributed by atoms with van der Waals surface area (Å²) in [5.74, 6) is -0.0695. The number of hydrogen-bond acceptors (Lipinski definition) is 3. The first-order valence-electron chi connectivity index (χ1n) is 8.52. The van der Waals surface area contributed by atoms with E-state index in [1.807, 2.05) is 0 Å². The number of rotatable bonds is 5. The van der Waals surface area contributed by atoms with Gasteiger partial charge in [0.1, 0.15) is 6.61 Å². The Kier molecular flexibility index (Phi) is 6.60. The molecule has 1 fully saturated rings. The smallest absolute Gasteiger partial charge is 0.253 e. The second-order valence-corrected chi connectivity index (χ2v) is 13.6. The van der Waals surface area contributed by atoms with E-state index in [-0.39, 0.29) is 23.7 Å². The topological polar surface area (TPSA) is 38.8 Å². The quantitative estimate of drug-likeness (QED) is 0.638. The molecule has 0 saturated carbocycles. The highest BCUT2D eigenvalue weighted by molar-refractivity contribution is 6.74. The number of morpholine rings is 1. The van der Waals surface area contributed by atoms with Gasteiger partial charge in [0.05, 0.1) is 22.7 Å². The molecular formula is C18H27Cl2NO3Si. The first kappa shape index (κ1) is 20.7. The van der Waals surface area contributed by atoms with Crippen LogP contribution in [0.15, 0.2) is 18.2 Å². The molecule has 1 unspecified atom stereocenters. The summed E-state index contributed by atoms with van der Waals surface area (Å²) < 4.78 is 11.9. The van der Waals surface area contributed by atoms with E-state index >= 15 is 0 Å². The van der Waals surface area contributed by atoms with Crippen molar-refractivity contribution in [3.63, 3.8) is 0 Å². The van der Waals surface area contributed by atoms with Crippen molar-refractivity contribution in [2.45, 2.75) is 51.4 Å². The minimum atomic E-state index is -1.77. The summed E-state index contributed by atoms with van der Waals surface area (Å²) in [5, 5.41) is 1.10. The Morgan fingerprint density at radius 2 is 1.96 bits per heavy atom. The Bertz CT molecular complexity index is 631. The van der Waals surface area contributed by atoms with E-state index in [0.717, 1.165) is 12.1 Å². The molecule has 0 aromatic heterocycles. The van der Waals surface area contributed by atoms with E-state index in [1.165, 1.54) is 0 Å². The maximum Gasteiger partial charge on any atom is 0.253 e. The molecule has 4 nitrogen and oxygen atoms in total. The van der Waals surface area contributed by atoms with Gasteiger partial charge in [0.15, 0.2) is 8.32 Å². The maximum absolute atomic E-state index is 12.2. The van der Waals surface area contributed by atoms with Crippen molar-refractivity contribution >= 4 is 43.1 Å². The van der Waals surface area contributed by atoms with E-state index in [9.17, 15) is 4.79 Å². The molecule has 0 bridgehead atoms. The summed E-state index contributed by atoms with van der Waals surface area (Å²) in [7, 11) is -1.77. The zero-order valence-electron chi connectivity index (χ0n) is 15.6. The number of ether oxygens (including phenoxy) is 1. The number of benzene rings is 1.